The molecule has 0 atom stereocenters. The molecule has 9 nitrogen and oxygen atoms in total. The molecular formula is C32H43N5O4. The average molecular weight is 562 g/mol. The van der Waals surface area contributed by atoms with Crippen molar-refractivity contribution in [1.29, 1.82) is 0 Å². The second kappa shape index (κ2) is 14.1. The molecule has 0 radical (unpaired) electrons. The molecule has 0 unspecified atom stereocenters. The zero-order valence-electron chi connectivity index (χ0n) is 25.1. The molecule has 6 rings (SSSR count). The normalized spacial score (nSPS) is 15.3. The number of carbonyl (C=O) groups excluding carboxylic acids is 1. The van der Waals surface area contributed by atoms with E-state index < -0.39 is 0 Å². The smallest absolute Gasteiger partial charge is 0.257 e. The molecule has 3 aliphatic heterocycles. The van der Waals surface area contributed by atoms with Crippen LogP contribution in [0.25, 0.3) is 0 Å². The summed E-state index contributed by atoms with van der Waals surface area (Å²) < 4.78 is 16.1. The molecule has 0 aromatic carbocycles. The van der Waals surface area contributed by atoms with Gasteiger partial charge in [-0.3, -0.25) is 9.78 Å². The van der Waals surface area contributed by atoms with E-state index >= 15 is 0 Å². The largest absolute Gasteiger partial charge is 0.484 e. The Morgan fingerprint density at radius 2 is 1.39 bits per heavy atom. The molecule has 0 saturated carbocycles. The van der Waals surface area contributed by atoms with E-state index in [2.05, 4.69) is 73.9 Å². The van der Waals surface area contributed by atoms with Gasteiger partial charge in [0.2, 0.25) is 11.8 Å². The van der Waals surface area contributed by atoms with Crippen molar-refractivity contribution in [2.75, 3.05) is 43.1 Å². The van der Waals surface area contributed by atoms with Crippen LogP contribution in [-0.2, 0) is 4.79 Å². The summed E-state index contributed by atoms with van der Waals surface area (Å²) in [4.78, 5) is 26.0. The van der Waals surface area contributed by atoms with E-state index in [1.165, 1.54) is 16.7 Å². The van der Waals surface area contributed by atoms with E-state index in [9.17, 15) is 4.79 Å². The fraction of sp³-hybridized carbons (Fsp3) is 0.500. The van der Waals surface area contributed by atoms with Crippen molar-refractivity contribution in [2.45, 2.75) is 72.1 Å². The van der Waals surface area contributed by atoms with E-state index in [1.807, 2.05) is 29.6 Å². The zero-order valence-corrected chi connectivity index (χ0v) is 25.1. The molecular weight excluding hydrogens is 518 g/mol. The van der Waals surface area contributed by atoms with Gasteiger partial charge in [0, 0.05) is 38.1 Å². The van der Waals surface area contributed by atoms with Crippen LogP contribution in [0, 0.1) is 0 Å². The number of nitrogens with zero attached hydrogens (tertiary/aromatic N) is 4. The monoisotopic (exact) mass is 561 g/mol. The van der Waals surface area contributed by atoms with Crippen LogP contribution in [0.15, 0.2) is 43.0 Å². The van der Waals surface area contributed by atoms with Crippen molar-refractivity contribution in [1.82, 2.24) is 15.0 Å². The molecule has 0 bridgehead atoms. The van der Waals surface area contributed by atoms with Gasteiger partial charge < -0.3 is 24.4 Å². The molecule has 3 aromatic heterocycles. The van der Waals surface area contributed by atoms with Gasteiger partial charge >= 0.3 is 0 Å². The molecule has 41 heavy (non-hydrogen) atoms. The Kier molecular flexibility index (Phi) is 10.4. The standard InChI is InChI=1S/C12H16N2O.C10H14N2O.C10H13NO2/c1-9(2)10-6-11(8-13-7-10)14-5-3-4-12(14)15;1-7(2)8-5-9-10(12-6-8)13-4-3-11-9;1-7(2)8-5-9-10(11-6-8)13-4-3-12-9/h6-9H,3-5H2,1-2H3;5-7,11H,3-4H2,1-2H3;5-7H,3-4H2,1-2H3. The molecule has 1 fully saturated rings. The number of carbonyl (C=O) groups is 1. The van der Waals surface area contributed by atoms with Crippen LogP contribution in [0.4, 0.5) is 11.4 Å². The Morgan fingerprint density at radius 3 is 2.07 bits per heavy atom. The molecule has 1 N–H and O–H groups in total. The maximum Gasteiger partial charge on any atom is 0.257 e. The van der Waals surface area contributed by atoms with Gasteiger partial charge in [0.25, 0.3) is 5.88 Å². The number of pyridine rings is 3. The predicted molar refractivity (Wildman–Crippen MR) is 162 cm³/mol. The van der Waals surface area contributed by atoms with E-state index in [1.54, 1.807) is 6.20 Å². The topological polar surface area (TPSA) is 98.7 Å². The Labute approximate surface area is 243 Å². The summed E-state index contributed by atoms with van der Waals surface area (Å²) in [5.41, 5.74) is 5.59. The van der Waals surface area contributed by atoms with Crippen molar-refractivity contribution in [3.63, 3.8) is 0 Å². The number of hydrogen-bond acceptors (Lipinski definition) is 8. The van der Waals surface area contributed by atoms with Gasteiger partial charge in [0.15, 0.2) is 5.75 Å². The van der Waals surface area contributed by atoms with Crippen LogP contribution in [0.3, 0.4) is 0 Å². The molecule has 0 spiro atoms. The van der Waals surface area contributed by atoms with Crippen LogP contribution in [-0.4, -0.2) is 53.8 Å². The molecule has 3 aromatic rings. The minimum Gasteiger partial charge on any atom is -0.484 e. The van der Waals surface area contributed by atoms with Crippen molar-refractivity contribution >= 4 is 17.3 Å². The molecule has 1 amide bonds. The first kappa shape index (κ1) is 30.1. The highest BCUT2D eigenvalue weighted by molar-refractivity contribution is 5.95. The zero-order chi connectivity index (χ0) is 29.4. The molecule has 220 valence electrons. The summed E-state index contributed by atoms with van der Waals surface area (Å²) in [5, 5.41) is 3.27. The third-order valence-electron chi connectivity index (χ3n) is 7.08. The summed E-state index contributed by atoms with van der Waals surface area (Å²) in [7, 11) is 0. The van der Waals surface area contributed by atoms with Gasteiger partial charge in [0.1, 0.15) is 19.8 Å². The number of anilines is 2. The lowest BCUT2D eigenvalue weighted by molar-refractivity contribution is -0.117. The predicted octanol–water partition coefficient (Wildman–Crippen LogP) is 6.32. The quantitative estimate of drug-likeness (QED) is 0.395. The van der Waals surface area contributed by atoms with Crippen LogP contribution in [0.2, 0.25) is 0 Å². The van der Waals surface area contributed by atoms with Crippen molar-refractivity contribution < 1.29 is 19.0 Å². The first-order valence-corrected chi connectivity index (χ1v) is 14.6. The maximum absolute atomic E-state index is 11.6. The average Bonchev–Trinajstić information content (AvgIpc) is 3.43. The Hall–Kier alpha value is -3.88. The number of aromatic nitrogens is 3. The highest BCUT2D eigenvalue weighted by Crippen LogP contribution is 2.30. The van der Waals surface area contributed by atoms with Gasteiger partial charge in [-0.1, -0.05) is 41.5 Å². The van der Waals surface area contributed by atoms with Crippen LogP contribution >= 0.6 is 0 Å². The molecule has 3 aliphatic rings. The first-order chi connectivity index (χ1) is 19.7. The number of ether oxygens (including phenoxy) is 3. The summed E-state index contributed by atoms with van der Waals surface area (Å²) in [6.07, 6.45) is 9.01. The first-order valence-electron chi connectivity index (χ1n) is 14.6. The Morgan fingerprint density at radius 1 is 0.756 bits per heavy atom. The highest BCUT2D eigenvalue weighted by atomic mass is 16.6. The van der Waals surface area contributed by atoms with Crippen molar-refractivity contribution in [3.05, 3.63) is 59.7 Å². The molecule has 9 heteroatoms. The third-order valence-corrected chi connectivity index (χ3v) is 7.08. The number of fused-ring (bicyclic) bond motifs is 2. The minimum absolute atomic E-state index is 0.220. The van der Waals surface area contributed by atoms with Crippen LogP contribution in [0.5, 0.6) is 17.5 Å². The summed E-state index contributed by atoms with van der Waals surface area (Å²) >= 11 is 0. The van der Waals surface area contributed by atoms with Crippen molar-refractivity contribution in [3.8, 4) is 17.5 Å². The number of rotatable bonds is 4. The SMILES string of the molecule is CC(C)c1cnc2c(c1)NCCO2.CC(C)c1cnc2c(c1)OCCO2.CC(C)c1cncc(N2CCCC2=O)c1. The fourth-order valence-electron chi connectivity index (χ4n) is 4.45. The molecule has 1 saturated heterocycles. The maximum atomic E-state index is 11.6. The minimum atomic E-state index is 0.220. The summed E-state index contributed by atoms with van der Waals surface area (Å²) in [6, 6.07) is 6.19. The van der Waals surface area contributed by atoms with Crippen LogP contribution in [0.1, 0.15) is 88.8 Å². The van der Waals surface area contributed by atoms with Gasteiger partial charge in [-0.15, -0.1) is 0 Å². The summed E-state index contributed by atoms with van der Waals surface area (Å²) in [6.45, 7) is 16.5. The van der Waals surface area contributed by atoms with Gasteiger partial charge in [-0.25, -0.2) is 9.97 Å². The second-order valence-corrected chi connectivity index (χ2v) is 11.3. The fourth-order valence-corrected chi connectivity index (χ4v) is 4.45. The second-order valence-electron chi connectivity index (χ2n) is 11.3. The Bertz CT molecular complexity index is 1250. The lowest BCUT2D eigenvalue weighted by atomic mass is 10.1. The van der Waals surface area contributed by atoms with E-state index in [0.29, 0.717) is 49.9 Å². The molecule has 0 aliphatic carbocycles. The lowest BCUT2D eigenvalue weighted by Crippen LogP contribution is -2.23. The Balaban J connectivity index is 0.000000142. The van der Waals surface area contributed by atoms with Crippen LogP contribution < -0.4 is 24.4 Å². The number of hydrogen-bond donors (Lipinski definition) is 1. The van der Waals surface area contributed by atoms with E-state index in [4.69, 9.17) is 14.2 Å². The highest BCUT2D eigenvalue weighted by Gasteiger charge is 2.22. The van der Waals surface area contributed by atoms with Gasteiger partial charge in [-0.05, 0) is 59.1 Å². The van der Waals surface area contributed by atoms with E-state index in [0.717, 1.165) is 42.5 Å². The summed E-state index contributed by atoms with van der Waals surface area (Å²) in [5.74, 6) is 3.79. The number of nitrogens with one attached hydrogen (secondary N) is 1. The number of amides is 1. The molecule has 6 heterocycles. The van der Waals surface area contributed by atoms with E-state index in [-0.39, 0.29) is 5.91 Å². The van der Waals surface area contributed by atoms with Crippen molar-refractivity contribution in [2.24, 2.45) is 0 Å². The van der Waals surface area contributed by atoms with Gasteiger partial charge in [0.05, 0.1) is 17.6 Å². The third kappa shape index (κ3) is 8.08. The van der Waals surface area contributed by atoms with Gasteiger partial charge in [-0.2, -0.15) is 0 Å². The lowest BCUT2D eigenvalue weighted by Gasteiger charge is -2.19.